The molecule has 0 bridgehead atoms. The zero-order valence-corrected chi connectivity index (χ0v) is 16.7. The van der Waals surface area contributed by atoms with Gasteiger partial charge in [-0.25, -0.2) is 12.7 Å². The second-order valence-electron chi connectivity index (χ2n) is 6.85. The van der Waals surface area contributed by atoms with Crippen molar-refractivity contribution in [2.24, 2.45) is 5.73 Å². The molecule has 1 aliphatic heterocycles. The first-order chi connectivity index (χ1) is 13.1. The number of sulfonamides is 1. The van der Waals surface area contributed by atoms with Gasteiger partial charge in [0.05, 0.1) is 11.1 Å². The Bertz CT molecular complexity index is 1160. The Labute approximate surface area is 165 Å². The Kier molecular flexibility index (Phi) is 4.09. The van der Waals surface area contributed by atoms with Crippen molar-refractivity contribution < 1.29 is 22.8 Å². The number of amides is 3. The lowest BCUT2D eigenvalue weighted by Gasteiger charge is -2.13. The van der Waals surface area contributed by atoms with Gasteiger partial charge < -0.3 is 11.1 Å². The first kappa shape index (κ1) is 18.6. The fourth-order valence-electron chi connectivity index (χ4n) is 3.25. The molecule has 1 aliphatic carbocycles. The van der Waals surface area contributed by atoms with E-state index in [0.29, 0.717) is 23.4 Å². The normalized spacial score (nSPS) is 17.5. The minimum atomic E-state index is -3.95. The molecule has 3 N–H and O–H groups in total. The molecule has 0 spiro atoms. The van der Waals surface area contributed by atoms with Crippen LogP contribution in [0.4, 0.5) is 5.00 Å². The number of nitrogens with two attached hydrogens (primary N) is 1. The SMILES string of the molecule is Cc1sc(NC(=O)c2ccc3c(c2)S(=O)(=O)N(C2CC2)C3=O)c(C(N)=O)c1C. The monoisotopic (exact) mass is 419 g/mol. The van der Waals surface area contributed by atoms with Crippen LogP contribution in [-0.4, -0.2) is 36.5 Å². The third-order valence-electron chi connectivity index (χ3n) is 4.95. The van der Waals surface area contributed by atoms with Crippen LogP contribution in [-0.2, 0) is 10.0 Å². The predicted octanol–water partition coefficient (Wildman–Crippen LogP) is 2.02. The van der Waals surface area contributed by atoms with Crippen molar-refractivity contribution >= 4 is 44.1 Å². The number of primary amides is 1. The Morgan fingerprint density at radius 1 is 1.25 bits per heavy atom. The molecule has 10 heteroatoms. The lowest BCUT2D eigenvalue weighted by Crippen LogP contribution is -2.31. The third kappa shape index (κ3) is 2.71. The highest BCUT2D eigenvalue weighted by atomic mass is 32.2. The Morgan fingerprint density at radius 3 is 2.54 bits per heavy atom. The zero-order valence-electron chi connectivity index (χ0n) is 15.1. The van der Waals surface area contributed by atoms with Gasteiger partial charge in [0.2, 0.25) is 0 Å². The summed E-state index contributed by atoms with van der Waals surface area (Å²) in [7, 11) is -3.95. The van der Waals surface area contributed by atoms with Crippen molar-refractivity contribution in [3.05, 3.63) is 45.3 Å². The molecular formula is C18H17N3O5S2. The summed E-state index contributed by atoms with van der Waals surface area (Å²) in [5.41, 5.74) is 6.49. The van der Waals surface area contributed by atoms with Crippen molar-refractivity contribution in [1.29, 1.82) is 0 Å². The Balaban J connectivity index is 1.69. The summed E-state index contributed by atoms with van der Waals surface area (Å²) in [5.74, 6) is -1.79. The van der Waals surface area contributed by atoms with Gasteiger partial charge in [0, 0.05) is 16.5 Å². The smallest absolute Gasteiger partial charge is 0.269 e. The largest absolute Gasteiger partial charge is 0.365 e. The highest BCUT2D eigenvalue weighted by Crippen LogP contribution is 2.40. The molecule has 3 amide bonds. The molecule has 2 heterocycles. The van der Waals surface area contributed by atoms with Crippen LogP contribution in [0.1, 0.15) is 54.4 Å². The summed E-state index contributed by atoms with van der Waals surface area (Å²) in [5, 5.41) is 2.94. The lowest BCUT2D eigenvalue weighted by molar-refractivity contribution is 0.0863. The van der Waals surface area contributed by atoms with Gasteiger partial charge in [-0.3, -0.25) is 14.4 Å². The first-order valence-corrected chi connectivity index (χ1v) is 10.8. The van der Waals surface area contributed by atoms with Crippen LogP contribution in [0.3, 0.4) is 0 Å². The molecule has 146 valence electrons. The van der Waals surface area contributed by atoms with Crippen molar-refractivity contribution in [1.82, 2.24) is 4.31 Å². The molecule has 4 rings (SSSR count). The highest BCUT2D eigenvalue weighted by molar-refractivity contribution is 7.90. The molecule has 2 aromatic rings. The summed E-state index contributed by atoms with van der Waals surface area (Å²) in [6.45, 7) is 3.55. The number of hydrogen-bond acceptors (Lipinski definition) is 6. The van der Waals surface area contributed by atoms with Crippen LogP contribution >= 0.6 is 11.3 Å². The van der Waals surface area contributed by atoms with Crippen LogP contribution in [0.15, 0.2) is 23.1 Å². The number of benzene rings is 1. The van der Waals surface area contributed by atoms with E-state index in [1.54, 1.807) is 6.92 Å². The topological polar surface area (TPSA) is 127 Å². The molecule has 8 nitrogen and oxygen atoms in total. The van der Waals surface area contributed by atoms with Crippen molar-refractivity contribution in [3.63, 3.8) is 0 Å². The minimum Gasteiger partial charge on any atom is -0.365 e. The maximum Gasteiger partial charge on any atom is 0.269 e. The lowest BCUT2D eigenvalue weighted by atomic mass is 10.1. The number of nitrogens with one attached hydrogen (secondary N) is 1. The fourth-order valence-corrected chi connectivity index (χ4v) is 6.15. The summed E-state index contributed by atoms with van der Waals surface area (Å²) < 4.78 is 26.3. The fraction of sp³-hybridized carbons (Fsp3) is 0.278. The zero-order chi connectivity index (χ0) is 20.4. The minimum absolute atomic E-state index is 0.0732. The molecule has 2 aliphatic rings. The number of fused-ring (bicyclic) bond motifs is 1. The molecule has 1 aromatic carbocycles. The first-order valence-electron chi connectivity index (χ1n) is 8.57. The van der Waals surface area contributed by atoms with Crippen molar-refractivity contribution in [2.45, 2.75) is 37.6 Å². The van der Waals surface area contributed by atoms with E-state index in [1.165, 1.54) is 29.5 Å². The summed E-state index contributed by atoms with van der Waals surface area (Å²) in [6, 6.07) is 3.66. The Hall–Kier alpha value is -2.72. The van der Waals surface area contributed by atoms with Gasteiger partial charge in [-0.1, -0.05) is 0 Å². The number of thiophene rings is 1. The predicted molar refractivity (Wildman–Crippen MR) is 103 cm³/mol. The maximum absolute atomic E-state index is 12.7. The van der Waals surface area contributed by atoms with Gasteiger partial charge in [0.15, 0.2) is 0 Å². The standard InChI is InChI=1S/C18H17N3O5S2/c1-8-9(2)27-17(14(8)15(19)22)20-16(23)10-3-6-12-13(7-10)28(25,26)21(18(12)24)11-4-5-11/h3,6-7,11H,4-5H2,1-2H3,(H2,19,22)(H,20,23). The Morgan fingerprint density at radius 2 is 1.93 bits per heavy atom. The molecular weight excluding hydrogens is 402 g/mol. The quantitative estimate of drug-likeness (QED) is 0.784. The average Bonchev–Trinajstić information content (AvgIpc) is 3.36. The molecule has 1 fully saturated rings. The maximum atomic E-state index is 12.7. The van der Waals surface area contributed by atoms with Gasteiger partial charge >= 0.3 is 0 Å². The number of carbonyl (C=O) groups is 3. The molecule has 0 saturated heterocycles. The van der Waals surface area contributed by atoms with Gasteiger partial charge in [0.25, 0.3) is 27.7 Å². The number of nitrogens with zero attached hydrogens (tertiary/aromatic N) is 1. The highest BCUT2D eigenvalue weighted by Gasteiger charge is 2.48. The number of anilines is 1. The number of hydrogen-bond donors (Lipinski definition) is 2. The van der Waals surface area contributed by atoms with Gasteiger partial charge in [-0.2, -0.15) is 0 Å². The summed E-state index contributed by atoms with van der Waals surface area (Å²) in [6.07, 6.45) is 1.30. The van der Waals surface area contributed by atoms with E-state index < -0.39 is 27.7 Å². The van der Waals surface area contributed by atoms with E-state index >= 15 is 0 Å². The number of rotatable bonds is 4. The van der Waals surface area contributed by atoms with Gasteiger partial charge in [0.1, 0.15) is 9.90 Å². The van der Waals surface area contributed by atoms with Crippen LogP contribution in [0, 0.1) is 13.8 Å². The number of aryl methyl sites for hydroxylation is 1. The van der Waals surface area contributed by atoms with E-state index in [1.807, 2.05) is 6.92 Å². The molecule has 0 radical (unpaired) electrons. The van der Waals surface area contributed by atoms with Crippen LogP contribution in [0.25, 0.3) is 0 Å². The summed E-state index contributed by atoms with van der Waals surface area (Å²) in [4.78, 5) is 37.5. The van der Waals surface area contributed by atoms with E-state index in [0.717, 1.165) is 9.18 Å². The summed E-state index contributed by atoms with van der Waals surface area (Å²) >= 11 is 1.22. The van der Waals surface area contributed by atoms with Crippen molar-refractivity contribution in [3.8, 4) is 0 Å². The van der Waals surface area contributed by atoms with Crippen molar-refractivity contribution in [2.75, 3.05) is 5.32 Å². The van der Waals surface area contributed by atoms with Crippen LogP contribution in [0.2, 0.25) is 0 Å². The van der Waals surface area contributed by atoms with E-state index in [-0.39, 0.29) is 27.6 Å². The van der Waals surface area contributed by atoms with Gasteiger partial charge in [-0.05, 0) is 50.5 Å². The van der Waals surface area contributed by atoms with Crippen LogP contribution < -0.4 is 11.1 Å². The molecule has 0 unspecified atom stereocenters. The molecule has 28 heavy (non-hydrogen) atoms. The molecule has 1 aromatic heterocycles. The second kappa shape index (κ2) is 6.14. The second-order valence-corrected chi connectivity index (χ2v) is 9.86. The van der Waals surface area contributed by atoms with Crippen LogP contribution in [0.5, 0.6) is 0 Å². The van der Waals surface area contributed by atoms with E-state index in [2.05, 4.69) is 5.32 Å². The number of carbonyl (C=O) groups excluding carboxylic acids is 3. The average molecular weight is 419 g/mol. The molecule has 0 atom stereocenters. The van der Waals surface area contributed by atoms with E-state index in [9.17, 15) is 22.8 Å². The van der Waals surface area contributed by atoms with Gasteiger partial charge in [-0.15, -0.1) is 11.3 Å². The third-order valence-corrected chi connectivity index (χ3v) is 7.95. The van der Waals surface area contributed by atoms with E-state index in [4.69, 9.17) is 5.73 Å². The molecule has 1 saturated carbocycles.